The molecule has 5 atom stereocenters. The summed E-state index contributed by atoms with van der Waals surface area (Å²) in [6.07, 6.45) is 4.68. The summed E-state index contributed by atoms with van der Waals surface area (Å²) in [5.74, 6) is -2.29. The van der Waals surface area contributed by atoms with Gasteiger partial charge in [0.25, 0.3) is 5.91 Å². The third-order valence-electron chi connectivity index (χ3n) is 7.85. The lowest BCUT2D eigenvalue weighted by atomic mass is 9.70. The fourth-order valence-electron chi connectivity index (χ4n) is 6.52. The van der Waals surface area contributed by atoms with Crippen LogP contribution in [0, 0.1) is 18.8 Å². The van der Waals surface area contributed by atoms with Crippen molar-refractivity contribution in [3.8, 4) is 0 Å². The average molecular weight is 530 g/mol. The van der Waals surface area contributed by atoms with Gasteiger partial charge in [0.15, 0.2) is 0 Å². The molecule has 0 radical (unpaired) electrons. The third kappa shape index (κ3) is 4.39. The molecule has 3 aliphatic heterocycles. The number of aliphatic hydroxyl groups is 1. The number of aliphatic hydroxyl groups excluding tert-OH is 1. The second-order valence-electron chi connectivity index (χ2n) is 10.0. The summed E-state index contributed by atoms with van der Waals surface area (Å²) >= 11 is 6.55. The van der Waals surface area contributed by atoms with E-state index in [2.05, 4.69) is 13.2 Å². The molecule has 37 heavy (non-hydrogen) atoms. The van der Waals surface area contributed by atoms with Crippen molar-refractivity contribution >= 4 is 35.0 Å². The number of anilines is 1. The van der Waals surface area contributed by atoms with E-state index in [9.17, 15) is 19.5 Å². The highest BCUT2D eigenvalue weighted by Gasteiger charge is 2.74. The van der Waals surface area contributed by atoms with E-state index < -0.39 is 29.6 Å². The molecular formula is C28H36ClN3O5. The first-order chi connectivity index (χ1) is 17.8. The largest absolute Gasteiger partial charge is 0.395 e. The van der Waals surface area contributed by atoms with E-state index in [0.717, 1.165) is 12.0 Å². The fraction of sp³-hybridized carbons (Fsp3) is 0.536. The van der Waals surface area contributed by atoms with Gasteiger partial charge in [-0.2, -0.15) is 0 Å². The average Bonchev–Trinajstić information content (AvgIpc) is 3.50. The molecule has 3 fully saturated rings. The number of β-amino-alcohol motifs (C(OH)–C–C–N with tert-alkyl or cyclic N) is 1. The van der Waals surface area contributed by atoms with Crippen LogP contribution in [-0.2, 0) is 19.1 Å². The highest BCUT2D eigenvalue weighted by atomic mass is 35.5. The predicted octanol–water partition coefficient (Wildman–Crippen LogP) is 2.96. The number of aryl methyl sites for hydroxylation is 1. The van der Waals surface area contributed by atoms with E-state index in [1.54, 1.807) is 23.1 Å². The second kappa shape index (κ2) is 11.0. The third-order valence-corrected chi connectivity index (χ3v) is 8.16. The monoisotopic (exact) mass is 529 g/mol. The van der Waals surface area contributed by atoms with E-state index in [1.165, 1.54) is 9.80 Å². The minimum absolute atomic E-state index is 0.0306. The minimum Gasteiger partial charge on any atom is -0.395 e. The van der Waals surface area contributed by atoms with Crippen LogP contribution in [0.5, 0.6) is 0 Å². The molecule has 4 rings (SSSR count). The van der Waals surface area contributed by atoms with Crippen molar-refractivity contribution < 1.29 is 24.2 Å². The Morgan fingerprint density at radius 2 is 2.00 bits per heavy atom. The molecule has 2 bridgehead atoms. The molecule has 0 aromatic heterocycles. The summed E-state index contributed by atoms with van der Waals surface area (Å²) < 4.78 is 6.51. The lowest BCUT2D eigenvalue weighted by molar-refractivity contribution is -0.145. The van der Waals surface area contributed by atoms with Gasteiger partial charge in [0.2, 0.25) is 11.8 Å². The zero-order chi connectivity index (χ0) is 26.9. The van der Waals surface area contributed by atoms with Crippen LogP contribution in [0.4, 0.5) is 5.69 Å². The van der Waals surface area contributed by atoms with Gasteiger partial charge in [-0.1, -0.05) is 42.8 Å². The van der Waals surface area contributed by atoms with Gasteiger partial charge < -0.3 is 24.5 Å². The molecule has 0 saturated carbocycles. The predicted molar refractivity (Wildman–Crippen MR) is 142 cm³/mol. The SMILES string of the molecule is C=CCN(CCC)C(=O)[C@@H]1[C@H]2C(=O)N(CCO)C(C(=O)N(CC=C)c3c(C)cccc3Cl)C23CC[C@H]1O3. The number of hydrogen-bond acceptors (Lipinski definition) is 5. The summed E-state index contributed by atoms with van der Waals surface area (Å²) in [6, 6.07) is 4.40. The van der Waals surface area contributed by atoms with Crippen LogP contribution in [0.2, 0.25) is 5.02 Å². The molecular weight excluding hydrogens is 494 g/mol. The van der Waals surface area contributed by atoms with Gasteiger partial charge in [-0.25, -0.2) is 0 Å². The summed E-state index contributed by atoms with van der Waals surface area (Å²) in [7, 11) is 0. The molecule has 3 aliphatic rings. The van der Waals surface area contributed by atoms with Crippen molar-refractivity contribution in [2.24, 2.45) is 11.8 Å². The Balaban J connectivity index is 1.78. The Bertz CT molecular complexity index is 1070. The molecule has 1 aromatic carbocycles. The van der Waals surface area contributed by atoms with Gasteiger partial charge in [-0.3, -0.25) is 14.4 Å². The number of benzene rings is 1. The van der Waals surface area contributed by atoms with Crippen molar-refractivity contribution in [1.82, 2.24) is 9.80 Å². The van der Waals surface area contributed by atoms with Crippen LogP contribution in [0.3, 0.4) is 0 Å². The van der Waals surface area contributed by atoms with Gasteiger partial charge in [0.1, 0.15) is 11.6 Å². The Kier molecular flexibility index (Phi) is 8.11. The number of likely N-dealkylation sites (tertiary alicyclic amines) is 1. The first kappa shape index (κ1) is 27.4. The molecule has 9 heteroatoms. The Hall–Kier alpha value is -2.68. The lowest BCUT2D eigenvalue weighted by Gasteiger charge is -2.37. The van der Waals surface area contributed by atoms with Crippen molar-refractivity contribution in [2.75, 3.05) is 37.7 Å². The van der Waals surface area contributed by atoms with Gasteiger partial charge in [0.05, 0.1) is 35.3 Å². The van der Waals surface area contributed by atoms with E-state index in [1.807, 2.05) is 26.0 Å². The quantitative estimate of drug-likeness (QED) is 0.445. The van der Waals surface area contributed by atoms with E-state index >= 15 is 0 Å². The molecule has 3 heterocycles. The van der Waals surface area contributed by atoms with E-state index in [4.69, 9.17) is 16.3 Å². The molecule has 1 aromatic rings. The van der Waals surface area contributed by atoms with Gasteiger partial charge in [-0.15, -0.1) is 13.2 Å². The van der Waals surface area contributed by atoms with Crippen LogP contribution >= 0.6 is 11.6 Å². The fourth-order valence-corrected chi connectivity index (χ4v) is 6.85. The standard InChI is InChI=1S/C28H36ClN3O5/c1-5-13-30(14-6-2)25(34)21-20-11-12-28(37-20)22(21)26(35)32(16-17-33)24(28)27(36)31(15-7-3)23-18(4)9-8-10-19(23)29/h5,7-10,20-22,24,33H,1,3,6,11-17H2,2,4H3/t20-,21+,22+,24?,28?/m1/s1. The zero-order valence-corrected chi connectivity index (χ0v) is 22.3. The maximum atomic E-state index is 14.4. The number of carbonyl (C=O) groups excluding carboxylic acids is 3. The molecule has 0 aliphatic carbocycles. The van der Waals surface area contributed by atoms with Crippen LogP contribution in [0.15, 0.2) is 43.5 Å². The van der Waals surface area contributed by atoms with E-state index in [0.29, 0.717) is 36.6 Å². The molecule has 3 amide bonds. The maximum absolute atomic E-state index is 14.4. The molecule has 1 spiro atoms. The number of nitrogens with zero attached hydrogens (tertiary/aromatic N) is 3. The number of fused-ring (bicyclic) bond motifs is 1. The van der Waals surface area contributed by atoms with Crippen LogP contribution in [-0.4, -0.2) is 83.2 Å². The summed E-state index contributed by atoms with van der Waals surface area (Å²) in [5.41, 5.74) is 0.208. The molecule has 8 nitrogen and oxygen atoms in total. The highest BCUT2D eigenvalue weighted by Crippen LogP contribution is 2.59. The Morgan fingerprint density at radius 1 is 1.27 bits per heavy atom. The lowest BCUT2D eigenvalue weighted by Crippen LogP contribution is -2.57. The van der Waals surface area contributed by atoms with Crippen molar-refractivity contribution in [1.29, 1.82) is 0 Å². The molecule has 3 saturated heterocycles. The normalized spacial score (nSPS) is 27.8. The molecule has 200 valence electrons. The number of ether oxygens (including phenoxy) is 1. The van der Waals surface area contributed by atoms with Crippen LogP contribution in [0.25, 0.3) is 0 Å². The maximum Gasteiger partial charge on any atom is 0.253 e. The van der Waals surface area contributed by atoms with Crippen molar-refractivity contribution in [3.05, 3.63) is 54.1 Å². The number of hydrogen-bond donors (Lipinski definition) is 1. The topological polar surface area (TPSA) is 90.4 Å². The van der Waals surface area contributed by atoms with Gasteiger partial charge in [-0.05, 0) is 37.8 Å². The summed E-state index contributed by atoms with van der Waals surface area (Å²) in [5, 5.41) is 10.3. The summed E-state index contributed by atoms with van der Waals surface area (Å²) in [6.45, 7) is 12.2. The van der Waals surface area contributed by atoms with Crippen molar-refractivity contribution in [3.63, 3.8) is 0 Å². The van der Waals surface area contributed by atoms with Crippen LogP contribution in [0.1, 0.15) is 31.7 Å². The zero-order valence-electron chi connectivity index (χ0n) is 21.6. The second-order valence-corrected chi connectivity index (χ2v) is 10.4. The molecule has 2 unspecified atom stereocenters. The Morgan fingerprint density at radius 3 is 2.62 bits per heavy atom. The highest BCUT2D eigenvalue weighted by molar-refractivity contribution is 6.34. The number of carbonyl (C=O) groups is 3. The number of halogens is 1. The smallest absolute Gasteiger partial charge is 0.253 e. The summed E-state index contributed by atoms with van der Waals surface area (Å²) in [4.78, 5) is 46.7. The first-order valence-corrected chi connectivity index (χ1v) is 13.3. The number of rotatable bonds is 11. The number of para-hydroxylation sites is 1. The van der Waals surface area contributed by atoms with Crippen molar-refractivity contribution in [2.45, 2.75) is 50.9 Å². The minimum atomic E-state index is -1.14. The van der Waals surface area contributed by atoms with Crippen LogP contribution < -0.4 is 4.90 Å². The van der Waals surface area contributed by atoms with Gasteiger partial charge >= 0.3 is 0 Å². The van der Waals surface area contributed by atoms with Gasteiger partial charge in [0, 0.05) is 26.2 Å². The first-order valence-electron chi connectivity index (χ1n) is 12.9. The molecule has 1 N–H and O–H groups in total. The van der Waals surface area contributed by atoms with E-state index in [-0.39, 0.29) is 37.4 Å². The number of amides is 3. The Labute approximate surface area is 223 Å².